The predicted molar refractivity (Wildman–Crippen MR) is 50.1 cm³/mol. The minimum atomic E-state index is 0.273. The summed E-state index contributed by atoms with van der Waals surface area (Å²) in [5.41, 5.74) is 5.82. The Labute approximate surface area is 76.0 Å². The first-order chi connectivity index (χ1) is 5.71. The van der Waals surface area contributed by atoms with E-state index in [1.54, 1.807) is 0 Å². The fraction of sp³-hybridized carbons (Fsp3) is 0.750. The van der Waals surface area contributed by atoms with E-state index in [2.05, 4.69) is 17.1 Å². The number of anilines is 1. The molecule has 1 fully saturated rings. The lowest BCUT2D eigenvalue weighted by Crippen LogP contribution is -2.16. The summed E-state index contributed by atoms with van der Waals surface area (Å²) >= 11 is 1.54. The average Bonchev–Trinajstić information content (AvgIpc) is 2.59. The number of nitrogens with zero attached hydrogens (tertiary/aromatic N) is 2. The maximum atomic E-state index is 5.55. The highest BCUT2D eigenvalue weighted by Crippen LogP contribution is 2.41. The summed E-state index contributed by atoms with van der Waals surface area (Å²) in [6.07, 6.45) is 5.11. The quantitative estimate of drug-likeness (QED) is 0.724. The summed E-state index contributed by atoms with van der Waals surface area (Å²) in [5, 5.41) is 9.68. The Morgan fingerprint density at radius 2 is 2.00 bits per heavy atom. The summed E-state index contributed by atoms with van der Waals surface area (Å²) in [5.74, 6) is 0. The highest BCUT2D eigenvalue weighted by atomic mass is 32.1. The fourth-order valence-electron chi connectivity index (χ4n) is 1.85. The first-order valence-corrected chi connectivity index (χ1v) is 5.12. The van der Waals surface area contributed by atoms with Crippen molar-refractivity contribution in [1.29, 1.82) is 0 Å². The summed E-state index contributed by atoms with van der Waals surface area (Å²) < 4.78 is 0. The molecule has 1 aliphatic carbocycles. The molecule has 0 atom stereocenters. The van der Waals surface area contributed by atoms with Crippen molar-refractivity contribution < 1.29 is 0 Å². The van der Waals surface area contributed by atoms with Crippen LogP contribution in [0.5, 0.6) is 0 Å². The molecule has 0 amide bonds. The Morgan fingerprint density at radius 3 is 2.50 bits per heavy atom. The zero-order valence-electron chi connectivity index (χ0n) is 7.21. The first-order valence-electron chi connectivity index (χ1n) is 4.30. The number of hydrogen-bond acceptors (Lipinski definition) is 4. The lowest BCUT2D eigenvalue weighted by molar-refractivity contribution is 0.484. The van der Waals surface area contributed by atoms with Crippen LogP contribution in [0, 0.1) is 0 Å². The van der Waals surface area contributed by atoms with Gasteiger partial charge < -0.3 is 5.73 Å². The number of nitrogens with two attached hydrogens (primary N) is 1. The summed E-state index contributed by atoms with van der Waals surface area (Å²) in [7, 11) is 0. The molecule has 12 heavy (non-hydrogen) atoms. The van der Waals surface area contributed by atoms with Crippen LogP contribution in [-0.2, 0) is 5.41 Å². The Balaban J connectivity index is 2.28. The Morgan fingerprint density at radius 1 is 1.33 bits per heavy atom. The molecule has 0 spiro atoms. The van der Waals surface area contributed by atoms with Crippen LogP contribution in [0.1, 0.15) is 37.6 Å². The molecule has 1 saturated carbocycles. The van der Waals surface area contributed by atoms with Gasteiger partial charge in [0.15, 0.2) is 0 Å². The number of nitrogen functional groups attached to an aromatic ring is 1. The van der Waals surface area contributed by atoms with Crippen molar-refractivity contribution in [3.05, 3.63) is 5.01 Å². The number of aromatic nitrogens is 2. The van der Waals surface area contributed by atoms with Gasteiger partial charge in [-0.2, -0.15) is 0 Å². The van der Waals surface area contributed by atoms with Crippen molar-refractivity contribution in [2.45, 2.75) is 38.0 Å². The van der Waals surface area contributed by atoms with Gasteiger partial charge in [0.05, 0.1) is 0 Å². The van der Waals surface area contributed by atoms with Crippen LogP contribution in [0.15, 0.2) is 0 Å². The minimum Gasteiger partial charge on any atom is -0.374 e. The molecule has 1 heterocycles. The van der Waals surface area contributed by atoms with Crippen LogP contribution in [-0.4, -0.2) is 10.2 Å². The SMILES string of the molecule is CC1(c2nnc(N)s2)CCCC1. The second kappa shape index (κ2) is 2.69. The van der Waals surface area contributed by atoms with E-state index in [1.807, 2.05) is 0 Å². The molecule has 0 unspecified atom stereocenters. The van der Waals surface area contributed by atoms with E-state index in [1.165, 1.54) is 37.0 Å². The molecule has 0 saturated heterocycles. The van der Waals surface area contributed by atoms with E-state index in [-0.39, 0.29) is 5.41 Å². The molecular weight excluding hydrogens is 170 g/mol. The Bertz CT molecular complexity index is 276. The fourth-order valence-corrected chi connectivity index (χ4v) is 2.66. The molecule has 2 N–H and O–H groups in total. The van der Waals surface area contributed by atoms with E-state index < -0.39 is 0 Å². The van der Waals surface area contributed by atoms with Gasteiger partial charge in [0.25, 0.3) is 0 Å². The van der Waals surface area contributed by atoms with Crippen LogP contribution in [0.2, 0.25) is 0 Å². The van der Waals surface area contributed by atoms with Crippen LogP contribution in [0.25, 0.3) is 0 Å². The summed E-state index contributed by atoms with van der Waals surface area (Å²) in [6.45, 7) is 2.26. The molecule has 0 aromatic carbocycles. The summed E-state index contributed by atoms with van der Waals surface area (Å²) in [6, 6.07) is 0. The molecule has 0 aliphatic heterocycles. The van der Waals surface area contributed by atoms with E-state index >= 15 is 0 Å². The predicted octanol–water partition coefficient (Wildman–Crippen LogP) is 1.95. The molecule has 2 rings (SSSR count). The Hall–Kier alpha value is -0.640. The highest BCUT2D eigenvalue weighted by Gasteiger charge is 2.33. The normalized spacial score (nSPS) is 21.4. The van der Waals surface area contributed by atoms with E-state index in [0.717, 1.165) is 5.01 Å². The third kappa shape index (κ3) is 1.20. The van der Waals surface area contributed by atoms with E-state index in [9.17, 15) is 0 Å². The zero-order valence-corrected chi connectivity index (χ0v) is 8.02. The second-order valence-electron chi connectivity index (χ2n) is 3.71. The average molecular weight is 183 g/mol. The number of hydrogen-bond donors (Lipinski definition) is 1. The monoisotopic (exact) mass is 183 g/mol. The van der Waals surface area contributed by atoms with Crippen molar-refractivity contribution in [3.8, 4) is 0 Å². The van der Waals surface area contributed by atoms with Gasteiger partial charge in [0.2, 0.25) is 5.13 Å². The van der Waals surface area contributed by atoms with Crippen molar-refractivity contribution in [1.82, 2.24) is 10.2 Å². The number of rotatable bonds is 1. The third-order valence-electron chi connectivity index (χ3n) is 2.66. The molecule has 0 radical (unpaired) electrons. The van der Waals surface area contributed by atoms with E-state index in [0.29, 0.717) is 5.13 Å². The first kappa shape index (κ1) is 7.98. The van der Waals surface area contributed by atoms with Crippen molar-refractivity contribution in [2.75, 3.05) is 5.73 Å². The van der Waals surface area contributed by atoms with Crippen molar-refractivity contribution in [3.63, 3.8) is 0 Å². The highest BCUT2D eigenvalue weighted by molar-refractivity contribution is 7.15. The van der Waals surface area contributed by atoms with Gasteiger partial charge in [-0.25, -0.2) is 0 Å². The second-order valence-corrected chi connectivity index (χ2v) is 4.72. The van der Waals surface area contributed by atoms with Crippen LogP contribution < -0.4 is 5.73 Å². The molecule has 1 aromatic rings. The van der Waals surface area contributed by atoms with Gasteiger partial charge in [-0.05, 0) is 12.8 Å². The van der Waals surface area contributed by atoms with Gasteiger partial charge >= 0.3 is 0 Å². The standard InChI is InChI=1S/C8H13N3S/c1-8(4-2-3-5-8)6-10-11-7(9)12-6/h2-5H2,1H3,(H2,9,11). The summed E-state index contributed by atoms with van der Waals surface area (Å²) in [4.78, 5) is 0. The minimum absolute atomic E-state index is 0.273. The van der Waals surface area contributed by atoms with Gasteiger partial charge in [-0.1, -0.05) is 31.1 Å². The smallest absolute Gasteiger partial charge is 0.203 e. The maximum Gasteiger partial charge on any atom is 0.203 e. The molecule has 4 heteroatoms. The zero-order chi connectivity index (χ0) is 8.60. The lowest BCUT2D eigenvalue weighted by atomic mass is 9.90. The molecule has 66 valence electrons. The van der Waals surface area contributed by atoms with Gasteiger partial charge in [-0.3, -0.25) is 0 Å². The van der Waals surface area contributed by atoms with Crippen LogP contribution in [0.3, 0.4) is 0 Å². The topological polar surface area (TPSA) is 51.8 Å². The molecule has 3 nitrogen and oxygen atoms in total. The van der Waals surface area contributed by atoms with E-state index in [4.69, 9.17) is 5.73 Å². The molecule has 1 aromatic heterocycles. The Kier molecular flexibility index (Phi) is 1.79. The van der Waals surface area contributed by atoms with Crippen molar-refractivity contribution in [2.24, 2.45) is 0 Å². The van der Waals surface area contributed by atoms with Gasteiger partial charge in [-0.15, -0.1) is 10.2 Å². The third-order valence-corrected chi connectivity index (χ3v) is 3.72. The molecular formula is C8H13N3S. The van der Waals surface area contributed by atoms with Crippen molar-refractivity contribution >= 4 is 16.5 Å². The van der Waals surface area contributed by atoms with Crippen LogP contribution >= 0.6 is 11.3 Å². The molecule has 0 bridgehead atoms. The maximum absolute atomic E-state index is 5.55. The van der Waals surface area contributed by atoms with Crippen LogP contribution in [0.4, 0.5) is 5.13 Å². The van der Waals surface area contributed by atoms with Gasteiger partial charge in [0.1, 0.15) is 5.01 Å². The lowest BCUT2D eigenvalue weighted by Gasteiger charge is -2.18. The van der Waals surface area contributed by atoms with Gasteiger partial charge in [0, 0.05) is 5.41 Å². The molecule has 1 aliphatic rings. The largest absolute Gasteiger partial charge is 0.374 e.